The lowest BCUT2D eigenvalue weighted by atomic mass is 9.93. The number of nitrogens with zero attached hydrogens (tertiary/aromatic N) is 3. The van der Waals surface area contributed by atoms with Crippen molar-refractivity contribution in [3.8, 4) is 5.88 Å². The summed E-state index contributed by atoms with van der Waals surface area (Å²) in [5.74, 6) is 0.579. The van der Waals surface area contributed by atoms with Crippen LogP contribution in [0.25, 0.3) is 0 Å². The first-order valence-corrected chi connectivity index (χ1v) is 12.0. The molecular formula is C25H33N5O5. The van der Waals surface area contributed by atoms with Crippen LogP contribution < -0.4 is 20.3 Å². The van der Waals surface area contributed by atoms with Crippen LogP contribution in [0.1, 0.15) is 28.4 Å². The van der Waals surface area contributed by atoms with Gasteiger partial charge in [-0.3, -0.25) is 4.79 Å². The van der Waals surface area contributed by atoms with Crippen LogP contribution in [-0.4, -0.2) is 85.6 Å². The van der Waals surface area contributed by atoms with Gasteiger partial charge in [-0.05, 0) is 36.6 Å². The SMILES string of the molecule is CCOc1nc(N2CCN(C(=O)OC)CC2)ccc1C(=O)NCC(O)C1Cc2ccccc2CN1. The quantitative estimate of drug-likeness (QED) is 0.538. The van der Waals surface area contributed by atoms with E-state index in [0.717, 1.165) is 0 Å². The first-order valence-electron chi connectivity index (χ1n) is 12.0. The number of aromatic nitrogens is 1. The monoisotopic (exact) mass is 483 g/mol. The van der Waals surface area contributed by atoms with Gasteiger partial charge in [0.25, 0.3) is 5.91 Å². The fourth-order valence-electron chi connectivity index (χ4n) is 4.46. The molecule has 4 rings (SSSR count). The first kappa shape index (κ1) is 24.7. The molecule has 2 atom stereocenters. The Morgan fingerprint density at radius 2 is 1.91 bits per heavy atom. The van der Waals surface area contributed by atoms with E-state index in [-0.39, 0.29) is 30.5 Å². The van der Waals surface area contributed by atoms with Crippen molar-refractivity contribution in [3.63, 3.8) is 0 Å². The van der Waals surface area contributed by atoms with E-state index in [1.807, 2.05) is 24.0 Å². The highest BCUT2D eigenvalue weighted by Crippen LogP contribution is 2.23. The van der Waals surface area contributed by atoms with Gasteiger partial charge in [-0.1, -0.05) is 24.3 Å². The van der Waals surface area contributed by atoms with Crippen molar-refractivity contribution in [2.24, 2.45) is 0 Å². The normalized spacial score (nSPS) is 18.4. The minimum Gasteiger partial charge on any atom is -0.477 e. The Hall–Kier alpha value is -3.37. The number of carbonyl (C=O) groups is 2. The minimum absolute atomic E-state index is 0.113. The molecule has 2 aromatic rings. The van der Waals surface area contributed by atoms with Crippen molar-refractivity contribution in [1.29, 1.82) is 0 Å². The van der Waals surface area contributed by atoms with E-state index >= 15 is 0 Å². The number of anilines is 1. The minimum atomic E-state index is -0.735. The predicted octanol–water partition coefficient (Wildman–Crippen LogP) is 1.17. The van der Waals surface area contributed by atoms with E-state index in [4.69, 9.17) is 9.47 Å². The van der Waals surface area contributed by atoms with Gasteiger partial charge in [0, 0.05) is 45.3 Å². The van der Waals surface area contributed by atoms with Crippen molar-refractivity contribution in [3.05, 3.63) is 53.1 Å². The molecule has 10 heteroatoms. The van der Waals surface area contributed by atoms with Crippen molar-refractivity contribution < 1.29 is 24.2 Å². The molecule has 2 unspecified atom stereocenters. The van der Waals surface area contributed by atoms with Gasteiger partial charge in [-0.25, -0.2) is 4.79 Å². The van der Waals surface area contributed by atoms with Crippen LogP contribution in [0.15, 0.2) is 36.4 Å². The van der Waals surface area contributed by atoms with Crippen LogP contribution >= 0.6 is 0 Å². The lowest BCUT2D eigenvalue weighted by Gasteiger charge is -2.34. The molecule has 0 spiro atoms. The Balaban J connectivity index is 1.36. The maximum atomic E-state index is 12.9. The molecule has 188 valence electrons. The van der Waals surface area contributed by atoms with E-state index in [9.17, 15) is 14.7 Å². The van der Waals surface area contributed by atoms with Gasteiger partial charge in [-0.2, -0.15) is 4.98 Å². The molecular weight excluding hydrogens is 450 g/mol. The second kappa shape index (κ2) is 11.4. The van der Waals surface area contributed by atoms with E-state index in [2.05, 4.69) is 27.8 Å². The Labute approximate surface area is 205 Å². The van der Waals surface area contributed by atoms with Crippen LogP contribution in [0, 0.1) is 0 Å². The molecule has 0 radical (unpaired) electrons. The predicted molar refractivity (Wildman–Crippen MR) is 131 cm³/mol. The molecule has 3 heterocycles. The number of piperazine rings is 1. The lowest BCUT2D eigenvalue weighted by molar-refractivity contribution is 0.0865. The zero-order valence-electron chi connectivity index (χ0n) is 20.2. The Morgan fingerprint density at radius 1 is 1.17 bits per heavy atom. The third-order valence-corrected chi connectivity index (χ3v) is 6.46. The number of nitrogens with one attached hydrogen (secondary N) is 2. The van der Waals surface area contributed by atoms with Gasteiger partial charge < -0.3 is 35.0 Å². The summed E-state index contributed by atoms with van der Waals surface area (Å²) in [4.78, 5) is 32.9. The molecule has 1 aromatic heterocycles. The maximum Gasteiger partial charge on any atom is 0.409 e. The number of fused-ring (bicyclic) bond motifs is 1. The van der Waals surface area contributed by atoms with Gasteiger partial charge in [0.2, 0.25) is 5.88 Å². The van der Waals surface area contributed by atoms with Crippen LogP contribution in [0.2, 0.25) is 0 Å². The lowest BCUT2D eigenvalue weighted by Crippen LogP contribution is -2.49. The summed E-state index contributed by atoms with van der Waals surface area (Å²) in [5.41, 5.74) is 2.77. The van der Waals surface area contributed by atoms with Gasteiger partial charge in [-0.15, -0.1) is 0 Å². The van der Waals surface area contributed by atoms with Crippen molar-refractivity contribution >= 4 is 17.8 Å². The maximum absolute atomic E-state index is 12.9. The number of amides is 2. The standard InChI is InChI=1S/C25H33N5O5/c1-3-35-24-19(8-9-22(28-24)29-10-12-30(13-11-29)25(33)34-2)23(32)27-16-21(31)20-14-17-6-4-5-7-18(17)15-26-20/h4-9,20-21,26,31H,3,10-16H2,1-2H3,(H,27,32). The zero-order chi connectivity index (χ0) is 24.8. The Morgan fingerprint density at radius 3 is 2.63 bits per heavy atom. The van der Waals surface area contributed by atoms with E-state index in [1.54, 1.807) is 17.0 Å². The van der Waals surface area contributed by atoms with E-state index in [1.165, 1.54) is 18.2 Å². The molecule has 35 heavy (non-hydrogen) atoms. The average Bonchev–Trinajstić information content (AvgIpc) is 2.91. The topological polar surface area (TPSA) is 116 Å². The second-order valence-corrected chi connectivity index (χ2v) is 8.64. The number of carbonyl (C=O) groups excluding carboxylic acids is 2. The number of aliphatic hydroxyl groups excluding tert-OH is 1. The summed E-state index contributed by atoms with van der Waals surface area (Å²) < 4.78 is 10.5. The van der Waals surface area contributed by atoms with E-state index in [0.29, 0.717) is 57.1 Å². The van der Waals surface area contributed by atoms with Crippen molar-refractivity contribution in [1.82, 2.24) is 20.5 Å². The van der Waals surface area contributed by atoms with E-state index < -0.39 is 6.10 Å². The largest absolute Gasteiger partial charge is 0.477 e. The summed E-state index contributed by atoms with van der Waals surface area (Å²) >= 11 is 0. The van der Waals surface area contributed by atoms with Gasteiger partial charge in [0.05, 0.1) is 19.8 Å². The summed E-state index contributed by atoms with van der Waals surface area (Å²) in [6.07, 6.45) is -0.368. The molecule has 3 N–H and O–H groups in total. The molecule has 0 saturated carbocycles. The highest BCUT2D eigenvalue weighted by Gasteiger charge is 2.26. The molecule has 0 aliphatic carbocycles. The number of aliphatic hydroxyl groups is 1. The number of pyridine rings is 1. The van der Waals surface area contributed by atoms with Crippen molar-refractivity contribution in [2.75, 3.05) is 51.3 Å². The van der Waals surface area contributed by atoms with Crippen LogP contribution in [0.5, 0.6) is 5.88 Å². The van der Waals surface area contributed by atoms with Gasteiger partial charge in [0.1, 0.15) is 11.4 Å². The number of methoxy groups -OCH3 is 1. The number of hydrogen-bond acceptors (Lipinski definition) is 8. The zero-order valence-corrected chi connectivity index (χ0v) is 20.2. The van der Waals surface area contributed by atoms with Crippen LogP contribution in [0.3, 0.4) is 0 Å². The Kier molecular flexibility index (Phi) is 8.04. The number of rotatable bonds is 7. The molecule has 0 bridgehead atoms. The average molecular weight is 484 g/mol. The molecule has 1 aromatic carbocycles. The highest BCUT2D eigenvalue weighted by atomic mass is 16.5. The van der Waals surface area contributed by atoms with Crippen molar-refractivity contribution in [2.45, 2.75) is 32.0 Å². The van der Waals surface area contributed by atoms with Gasteiger partial charge in [0.15, 0.2) is 0 Å². The number of hydrogen-bond donors (Lipinski definition) is 3. The third kappa shape index (κ3) is 5.83. The first-order chi connectivity index (χ1) is 17.0. The second-order valence-electron chi connectivity index (χ2n) is 8.64. The molecule has 1 fully saturated rings. The highest BCUT2D eigenvalue weighted by molar-refractivity contribution is 5.96. The molecule has 2 aliphatic heterocycles. The molecule has 10 nitrogen and oxygen atoms in total. The fourth-order valence-corrected chi connectivity index (χ4v) is 4.46. The number of benzene rings is 1. The summed E-state index contributed by atoms with van der Waals surface area (Å²) in [6.45, 7) is 5.26. The molecule has 2 amide bonds. The number of ether oxygens (including phenoxy) is 2. The van der Waals surface area contributed by atoms with Gasteiger partial charge >= 0.3 is 6.09 Å². The fraction of sp³-hybridized carbons (Fsp3) is 0.480. The van der Waals surface area contributed by atoms with Crippen LogP contribution in [-0.2, 0) is 17.7 Å². The smallest absolute Gasteiger partial charge is 0.409 e. The Bertz CT molecular complexity index is 1040. The summed E-state index contributed by atoms with van der Waals surface area (Å²) in [6, 6.07) is 11.5. The summed E-state index contributed by atoms with van der Waals surface area (Å²) in [7, 11) is 1.37. The molecule has 1 saturated heterocycles. The van der Waals surface area contributed by atoms with Crippen LogP contribution in [0.4, 0.5) is 10.6 Å². The summed E-state index contributed by atoms with van der Waals surface area (Å²) in [5, 5.41) is 16.9. The molecule has 2 aliphatic rings. The third-order valence-electron chi connectivity index (χ3n) is 6.46.